The van der Waals surface area contributed by atoms with Gasteiger partial charge in [0, 0.05) is 15.7 Å². The van der Waals surface area contributed by atoms with Crippen molar-refractivity contribution in [3.63, 3.8) is 0 Å². The molecule has 0 saturated heterocycles. The maximum atomic E-state index is 12.0. The summed E-state index contributed by atoms with van der Waals surface area (Å²) in [6.45, 7) is 1.72. The quantitative estimate of drug-likeness (QED) is 0.812. The predicted molar refractivity (Wildman–Crippen MR) is 74.6 cm³/mol. The minimum atomic E-state index is -1.11. The van der Waals surface area contributed by atoms with E-state index >= 15 is 0 Å². The van der Waals surface area contributed by atoms with Gasteiger partial charge in [0.2, 0.25) is 0 Å². The topological polar surface area (TPSA) is 82.2 Å². The average Bonchev–Trinajstić information content (AvgIpc) is 2.71. The molecule has 0 radical (unpaired) electrons. The molecule has 1 heterocycles. The molecule has 6 heteroatoms. The average molecular weight is 323 g/mol. The van der Waals surface area contributed by atoms with E-state index < -0.39 is 5.97 Å². The van der Waals surface area contributed by atoms with E-state index in [1.165, 1.54) is 0 Å². The number of aryl methyl sites for hydroxylation is 1. The monoisotopic (exact) mass is 322 g/mol. The first-order valence-electron chi connectivity index (χ1n) is 5.47. The van der Waals surface area contributed by atoms with E-state index in [1.807, 2.05) is 0 Å². The second kappa shape index (κ2) is 5.27. The van der Waals surface area contributed by atoms with Gasteiger partial charge in [-0.15, -0.1) is 0 Å². The maximum absolute atomic E-state index is 12.0. The number of carbonyl (C=O) groups is 2. The van der Waals surface area contributed by atoms with E-state index in [0.29, 0.717) is 11.3 Å². The van der Waals surface area contributed by atoms with Crippen LogP contribution >= 0.6 is 15.9 Å². The number of aromatic carboxylic acids is 1. The lowest BCUT2D eigenvalue weighted by Gasteiger charge is -2.04. The number of benzene rings is 1. The number of carboxylic acid groups (broad SMARTS) is 1. The van der Waals surface area contributed by atoms with E-state index in [-0.39, 0.29) is 17.3 Å². The number of amides is 1. The Morgan fingerprint density at radius 3 is 2.47 bits per heavy atom. The lowest BCUT2D eigenvalue weighted by Crippen LogP contribution is -2.13. The molecule has 5 nitrogen and oxygen atoms in total. The van der Waals surface area contributed by atoms with Crippen molar-refractivity contribution in [1.29, 1.82) is 0 Å². The number of nitrogens with one attached hydrogen (secondary N) is 2. The van der Waals surface area contributed by atoms with Crippen LogP contribution in [0.4, 0.5) is 5.69 Å². The second-order valence-electron chi connectivity index (χ2n) is 4.01. The number of halogens is 1. The van der Waals surface area contributed by atoms with Gasteiger partial charge in [0.1, 0.15) is 5.69 Å². The SMILES string of the molecule is Cc1cc(NC(=O)c2ccc(Br)cc2)c(C(=O)O)[nH]1. The first-order valence-corrected chi connectivity index (χ1v) is 6.26. The molecule has 0 fully saturated rings. The molecule has 0 spiro atoms. The van der Waals surface area contributed by atoms with Crippen LogP contribution in [0, 0.1) is 6.92 Å². The lowest BCUT2D eigenvalue weighted by molar-refractivity contribution is 0.0692. The van der Waals surface area contributed by atoms with Crippen LogP contribution in [0.3, 0.4) is 0 Å². The molecule has 0 atom stereocenters. The van der Waals surface area contributed by atoms with E-state index in [1.54, 1.807) is 37.3 Å². The van der Waals surface area contributed by atoms with Gasteiger partial charge in [-0.2, -0.15) is 0 Å². The standard InChI is InChI=1S/C13H11BrN2O3/c1-7-6-10(11(15-7)13(18)19)16-12(17)8-2-4-9(14)5-3-8/h2-6,15H,1H3,(H,16,17)(H,18,19). The molecular formula is C13H11BrN2O3. The van der Waals surface area contributed by atoms with Crippen LogP contribution in [0.2, 0.25) is 0 Å². The zero-order valence-corrected chi connectivity index (χ0v) is 11.6. The molecule has 1 aromatic heterocycles. The number of hydrogen-bond donors (Lipinski definition) is 3. The number of H-pyrrole nitrogens is 1. The van der Waals surface area contributed by atoms with Crippen LogP contribution in [0.25, 0.3) is 0 Å². The van der Waals surface area contributed by atoms with Gasteiger partial charge in [0.05, 0.1) is 5.69 Å². The van der Waals surface area contributed by atoms with Crippen molar-refractivity contribution in [2.24, 2.45) is 0 Å². The summed E-state index contributed by atoms with van der Waals surface area (Å²) in [5.74, 6) is -1.46. The zero-order valence-electron chi connectivity index (χ0n) is 10.0. The Bertz CT molecular complexity index is 632. The molecule has 19 heavy (non-hydrogen) atoms. The van der Waals surface area contributed by atoms with Gasteiger partial charge in [0.15, 0.2) is 0 Å². The fourth-order valence-electron chi connectivity index (χ4n) is 1.65. The molecule has 0 saturated carbocycles. The molecular weight excluding hydrogens is 312 g/mol. The fourth-order valence-corrected chi connectivity index (χ4v) is 1.92. The molecule has 98 valence electrons. The normalized spacial score (nSPS) is 10.2. The number of aromatic amines is 1. The van der Waals surface area contributed by atoms with E-state index in [9.17, 15) is 9.59 Å². The molecule has 0 bridgehead atoms. The van der Waals surface area contributed by atoms with Crippen molar-refractivity contribution in [2.45, 2.75) is 6.92 Å². The summed E-state index contributed by atoms with van der Waals surface area (Å²) in [4.78, 5) is 25.7. The maximum Gasteiger partial charge on any atom is 0.354 e. The minimum Gasteiger partial charge on any atom is -0.477 e. The highest BCUT2D eigenvalue weighted by Gasteiger charge is 2.16. The molecule has 2 aromatic rings. The van der Waals surface area contributed by atoms with Crippen molar-refractivity contribution >= 4 is 33.5 Å². The second-order valence-corrected chi connectivity index (χ2v) is 4.92. The molecule has 3 N–H and O–H groups in total. The Kier molecular flexibility index (Phi) is 3.71. The van der Waals surface area contributed by atoms with Crippen LogP contribution in [0.15, 0.2) is 34.8 Å². The number of rotatable bonds is 3. The molecule has 0 aliphatic rings. The van der Waals surface area contributed by atoms with Gasteiger partial charge >= 0.3 is 5.97 Å². The third kappa shape index (κ3) is 3.03. The molecule has 0 aliphatic heterocycles. The van der Waals surface area contributed by atoms with Crippen LogP contribution in [-0.2, 0) is 0 Å². The Morgan fingerprint density at radius 2 is 1.89 bits per heavy atom. The number of hydrogen-bond acceptors (Lipinski definition) is 2. The summed E-state index contributed by atoms with van der Waals surface area (Å²) in [5, 5.41) is 11.6. The van der Waals surface area contributed by atoms with E-state index in [0.717, 1.165) is 4.47 Å². The molecule has 0 unspecified atom stereocenters. The predicted octanol–water partition coefficient (Wildman–Crippen LogP) is 3.04. The largest absolute Gasteiger partial charge is 0.477 e. The first kappa shape index (κ1) is 13.4. The Labute approximate surface area is 117 Å². The highest BCUT2D eigenvalue weighted by molar-refractivity contribution is 9.10. The van der Waals surface area contributed by atoms with Gasteiger partial charge in [-0.25, -0.2) is 4.79 Å². The summed E-state index contributed by atoms with van der Waals surface area (Å²) in [6, 6.07) is 8.38. The summed E-state index contributed by atoms with van der Waals surface area (Å²) in [5.41, 5.74) is 1.36. The van der Waals surface area contributed by atoms with E-state index in [2.05, 4.69) is 26.2 Å². The van der Waals surface area contributed by atoms with Gasteiger partial charge < -0.3 is 15.4 Å². The van der Waals surface area contributed by atoms with Gasteiger partial charge in [-0.05, 0) is 37.3 Å². The first-order chi connectivity index (χ1) is 8.97. The zero-order chi connectivity index (χ0) is 14.0. The highest BCUT2D eigenvalue weighted by Crippen LogP contribution is 2.18. The molecule has 2 rings (SSSR count). The van der Waals surface area contributed by atoms with Crippen LogP contribution in [-0.4, -0.2) is 22.0 Å². The van der Waals surface area contributed by atoms with Crippen molar-refractivity contribution in [2.75, 3.05) is 5.32 Å². The van der Waals surface area contributed by atoms with Crippen LogP contribution in [0.1, 0.15) is 26.5 Å². The molecule has 0 aliphatic carbocycles. The Hall–Kier alpha value is -2.08. The minimum absolute atomic E-state index is 0.0250. The number of carbonyl (C=O) groups excluding carboxylic acids is 1. The summed E-state index contributed by atoms with van der Waals surface area (Å²) in [7, 11) is 0. The van der Waals surface area contributed by atoms with Crippen molar-refractivity contribution in [3.8, 4) is 0 Å². The lowest BCUT2D eigenvalue weighted by atomic mass is 10.2. The summed E-state index contributed by atoms with van der Waals surface area (Å²) >= 11 is 3.28. The Balaban J connectivity index is 2.24. The van der Waals surface area contributed by atoms with Crippen molar-refractivity contribution in [1.82, 2.24) is 4.98 Å². The van der Waals surface area contributed by atoms with Crippen LogP contribution < -0.4 is 5.32 Å². The van der Waals surface area contributed by atoms with Crippen molar-refractivity contribution < 1.29 is 14.7 Å². The van der Waals surface area contributed by atoms with Crippen LogP contribution in [0.5, 0.6) is 0 Å². The van der Waals surface area contributed by atoms with E-state index in [4.69, 9.17) is 5.11 Å². The Morgan fingerprint density at radius 1 is 1.26 bits per heavy atom. The third-order valence-electron chi connectivity index (χ3n) is 2.52. The summed E-state index contributed by atoms with van der Waals surface area (Å²) < 4.78 is 0.868. The summed E-state index contributed by atoms with van der Waals surface area (Å²) in [6.07, 6.45) is 0. The number of aromatic nitrogens is 1. The third-order valence-corrected chi connectivity index (χ3v) is 3.05. The molecule has 1 aromatic carbocycles. The van der Waals surface area contributed by atoms with Gasteiger partial charge in [0.25, 0.3) is 5.91 Å². The van der Waals surface area contributed by atoms with Gasteiger partial charge in [-0.1, -0.05) is 15.9 Å². The van der Waals surface area contributed by atoms with Gasteiger partial charge in [-0.3, -0.25) is 4.79 Å². The van der Waals surface area contributed by atoms with Crippen molar-refractivity contribution in [3.05, 3.63) is 51.8 Å². The fraction of sp³-hybridized carbons (Fsp3) is 0.0769. The molecule has 1 amide bonds. The number of anilines is 1. The smallest absolute Gasteiger partial charge is 0.354 e. The number of carboxylic acids is 1. The highest BCUT2D eigenvalue weighted by atomic mass is 79.9.